The van der Waals surface area contributed by atoms with Crippen LogP contribution in [-0.2, 0) is 4.79 Å². The number of rotatable bonds is 1. The van der Waals surface area contributed by atoms with Gasteiger partial charge in [0.25, 0.3) is 0 Å². The highest BCUT2D eigenvalue weighted by molar-refractivity contribution is 6.64. The summed E-state index contributed by atoms with van der Waals surface area (Å²) in [6, 6.07) is 0. The molecule has 2 aliphatic rings. The summed E-state index contributed by atoms with van der Waals surface area (Å²) in [7, 11) is 0. The second kappa shape index (κ2) is 2.23. The van der Waals surface area contributed by atoms with Crippen LogP contribution >= 0.6 is 11.6 Å². The zero-order valence-corrected chi connectivity index (χ0v) is 6.60. The average Bonchev–Trinajstić information content (AvgIpc) is 2.44. The Morgan fingerprint density at radius 1 is 1.30 bits per heavy atom. The van der Waals surface area contributed by atoms with Gasteiger partial charge >= 0.3 is 0 Å². The Bertz CT molecular complexity index is 167. The van der Waals surface area contributed by atoms with Crippen LogP contribution in [0.4, 0.5) is 0 Å². The fraction of sp³-hybridized carbons (Fsp3) is 0.875. The third-order valence-electron chi connectivity index (χ3n) is 3.03. The summed E-state index contributed by atoms with van der Waals surface area (Å²) in [5, 5.41) is -0.0906. The standard InChI is InChI=1S/C8H11ClO/c9-8(10)7-4-5-1-2-6(7)3-5/h5-7H,1-4H2/t5-,6-,7+/m0/s1. The highest BCUT2D eigenvalue weighted by Crippen LogP contribution is 2.48. The molecule has 0 aromatic heterocycles. The van der Waals surface area contributed by atoms with Crippen molar-refractivity contribution in [3.05, 3.63) is 0 Å². The smallest absolute Gasteiger partial charge is 0.225 e. The first-order chi connectivity index (χ1) is 4.77. The third kappa shape index (κ3) is 0.878. The predicted molar refractivity (Wildman–Crippen MR) is 39.8 cm³/mol. The topological polar surface area (TPSA) is 17.1 Å². The molecule has 2 bridgehead atoms. The van der Waals surface area contributed by atoms with E-state index < -0.39 is 0 Å². The van der Waals surface area contributed by atoms with Crippen LogP contribution in [0.15, 0.2) is 0 Å². The van der Waals surface area contributed by atoms with Crippen molar-refractivity contribution in [1.82, 2.24) is 0 Å². The molecule has 0 radical (unpaired) electrons. The first kappa shape index (κ1) is 6.66. The second-order valence-corrected chi connectivity index (χ2v) is 3.96. The van der Waals surface area contributed by atoms with E-state index in [4.69, 9.17) is 11.6 Å². The number of hydrogen-bond donors (Lipinski definition) is 0. The Morgan fingerprint density at radius 3 is 2.40 bits per heavy atom. The summed E-state index contributed by atoms with van der Waals surface area (Å²) < 4.78 is 0. The van der Waals surface area contributed by atoms with Crippen molar-refractivity contribution in [2.75, 3.05) is 0 Å². The Morgan fingerprint density at radius 2 is 2.10 bits per heavy atom. The average molecular weight is 159 g/mol. The summed E-state index contributed by atoms with van der Waals surface area (Å²) >= 11 is 5.44. The van der Waals surface area contributed by atoms with E-state index in [2.05, 4.69) is 0 Å². The third-order valence-corrected chi connectivity index (χ3v) is 3.31. The Labute approximate surface area is 65.7 Å². The van der Waals surface area contributed by atoms with Gasteiger partial charge < -0.3 is 0 Å². The van der Waals surface area contributed by atoms with Gasteiger partial charge in [-0.3, -0.25) is 4.79 Å². The highest BCUT2D eigenvalue weighted by atomic mass is 35.5. The lowest BCUT2D eigenvalue weighted by atomic mass is 9.90. The Balaban J connectivity index is 2.08. The van der Waals surface area contributed by atoms with Gasteiger partial charge in [-0.2, -0.15) is 0 Å². The van der Waals surface area contributed by atoms with Crippen LogP contribution in [-0.4, -0.2) is 5.24 Å². The lowest BCUT2D eigenvalue weighted by Crippen LogP contribution is -2.16. The molecule has 0 aromatic rings. The molecule has 1 nitrogen and oxygen atoms in total. The molecule has 2 aliphatic carbocycles. The van der Waals surface area contributed by atoms with E-state index in [0.717, 1.165) is 12.3 Å². The molecule has 0 aliphatic heterocycles. The normalized spacial score (nSPS) is 44.3. The maximum Gasteiger partial charge on any atom is 0.225 e. The zero-order valence-electron chi connectivity index (χ0n) is 5.85. The highest BCUT2D eigenvalue weighted by Gasteiger charge is 2.42. The van der Waals surface area contributed by atoms with Gasteiger partial charge in [-0.1, -0.05) is 6.42 Å². The molecule has 0 aromatic carbocycles. The van der Waals surface area contributed by atoms with Crippen molar-refractivity contribution in [1.29, 1.82) is 0 Å². The van der Waals surface area contributed by atoms with Crippen LogP contribution in [0, 0.1) is 17.8 Å². The maximum atomic E-state index is 10.8. The van der Waals surface area contributed by atoms with Gasteiger partial charge in [0.2, 0.25) is 5.24 Å². The monoisotopic (exact) mass is 158 g/mol. The largest absolute Gasteiger partial charge is 0.281 e. The SMILES string of the molecule is O=C(Cl)[C@@H]1C[C@H]2CC[C@H]1C2. The van der Waals surface area contributed by atoms with Crippen molar-refractivity contribution in [3.63, 3.8) is 0 Å². The van der Waals surface area contributed by atoms with E-state index in [1.54, 1.807) is 0 Å². The molecule has 2 rings (SSSR count). The zero-order chi connectivity index (χ0) is 7.14. The molecular weight excluding hydrogens is 148 g/mol. The molecule has 0 heterocycles. The van der Waals surface area contributed by atoms with E-state index >= 15 is 0 Å². The Kier molecular flexibility index (Phi) is 1.48. The van der Waals surface area contributed by atoms with Crippen molar-refractivity contribution in [3.8, 4) is 0 Å². The van der Waals surface area contributed by atoms with E-state index in [-0.39, 0.29) is 11.2 Å². The van der Waals surface area contributed by atoms with Crippen LogP contribution in [0.3, 0.4) is 0 Å². The van der Waals surface area contributed by atoms with Gasteiger partial charge in [0.15, 0.2) is 0 Å². The minimum absolute atomic E-state index is 0.0906. The molecule has 0 N–H and O–H groups in total. The van der Waals surface area contributed by atoms with Crippen LogP contribution in [0.5, 0.6) is 0 Å². The van der Waals surface area contributed by atoms with Crippen LogP contribution in [0.25, 0.3) is 0 Å². The predicted octanol–water partition coefficient (Wildman–Crippen LogP) is 2.19. The number of halogens is 1. The molecule has 3 atom stereocenters. The van der Waals surface area contributed by atoms with Gasteiger partial charge in [-0.05, 0) is 42.7 Å². The maximum absolute atomic E-state index is 10.8. The molecule has 2 fully saturated rings. The fourth-order valence-electron chi connectivity index (χ4n) is 2.52. The number of carbonyl (C=O) groups excluding carboxylic acids is 1. The van der Waals surface area contributed by atoms with Crippen LogP contribution < -0.4 is 0 Å². The van der Waals surface area contributed by atoms with Gasteiger partial charge in [-0.15, -0.1) is 0 Å². The number of fused-ring (bicyclic) bond motifs is 2. The van der Waals surface area contributed by atoms with E-state index in [1.165, 1.54) is 19.3 Å². The lowest BCUT2D eigenvalue weighted by Gasteiger charge is -2.16. The molecular formula is C8H11ClO. The lowest BCUT2D eigenvalue weighted by molar-refractivity contribution is -0.116. The van der Waals surface area contributed by atoms with Gasteiger partial charge in [0, 0.05) is 5.92 Å². The second-order valence-electron chi connectivity index (χ2n) is 3.59. The molecule has 56 valence electrons. The minimum atomic E-state index is -0.0906. The van der Waals surface area contributed by atoms with E-state index in [0.29, 0.717) is 5.92 Å². The van der Waals surface area contributed by atoms with Crippen LogP contribution in [0.1, 0.15) is 25.7 Å². The quantitative estimate of drug-likeness (QED) is 0.535. The van der Waals surface area contributed by atoms with Gasteiger partial charge in [-0.25, -0.2) is 0 Å². The van der Waals surface area contributed by atoms with E-state index in [1.807, 2.05) is 0 Å². The summed E-state index contributed by atoms with van der Waals surface area (Å²) in [5.74, 6) is 1.70. The fourth-order valence-corrected chi connectivity index (χ4v) is 2.79. The summed E-state index contributed by atoms with van der Waals surface area (Å²) in [6.07, 6.45) is 4.93. The first-order valence-electron chi connectivity index (χ1n) is 3.96. The number of hydrogen-bond acceptors (Lipinski definition) is 1. The molecule has 0 unspecified atom stereocenters. The molecule has 0 amide bonds. The Hall–Kier alpha value is -0.0400. The first-order valence-corrected chi connectivity index (χ1v) is 4.34. The molecule has 2 heteroatoms. The summed E-state index contributed by atoms with van der Waals surface area (Å²) in [6.45, 7) is 0. The van der Waals surface area contributed by atoms with Crippen molar-refractivity contribution >= 4 is 16.8 Å². The molecule has 2 saturated carbocycles. The molecule has 0 spiro atoms. The van der Waals surface area contributed by atoms with Crippen LogP contribution in [0.2, 0.25) is 0 Å². The van der Waals surface area contributed by atoms with Crippen molar-refractivity contribution in [2.24, 2.45) is 17.8 Å². The van der Waals surface area contributed by atoms with E-state index in [9.17, 15) is 4.79 Å². The molecule has 10 heavy (non-hydrogen) atoms. The molecule has 0 saturated heterocycles. The van der Waals surface area contributed by atoms with Gasteiger partial charge in [0.05, 0.1) is 0 Å². The van der Waals surface area contributed by atoms with Crippen molar-refractivity contribution < 1.29 is 4.79 Å². The minimum Gasteiger partial charge on any atom is -0.281 e. The number of carbonyl (C=O) groups is 1. The van der Waals surface area contributed by atoms with Crippen molar-refractivity contribution in [2.45, 2.75) is 25.7 Å². The summed E-state index contributed by atoms with van der Waals surface area (Å²) in [4.78, 5) is 10.8. The summed E-state index contributed by atoms with van der Waals surface area (Å²) in [5.41, 5.74) is 0. The van der Waals surface area contributed by atoms with Gasteiger partial charge in [0.1, 0.15) is 0 Å².